The zero-order chi connectivity index (χ0) is 14.2. The summed E-state index contributed by atoms with van der Waals surface area (Å²) in [5.41, 5.74) is 1.94. The molecule has 0 bridgehead atoms. The number of carbonyl (C=O) groups is 1. The van der Waals surface area contributed by atoms with Gasteiger partial charge in [-0.15, -0.1) is 0 Å². The molecule has 1 N–H and O–H groups in total. The lowest BCUT2D eigenvalue weighted by Gasteiger charge is -2.25. The standard InChI is InChI=1S/C15H14N2O4/c18-14(16-15-9-4-3-5-10(9)17-21-15)13-8-19-11-6-1-2-7-12(11)20-13/h1-2,6-7,13H,3-5,8H2,(H,16,18)/t13-/m0/s1. The summed E-state index contributed by atoms with van der Waals surface area (Å²) < 4.78 is 16.4. The van der Waals surface area contributed by atoms with Crippen molar-refractivity contribution in [2.45, 2.75) is 25.4 Å². The molecule has 0 fully saturated rings. The van der Waals surface area contributed by atoms with Gasteiger partial charge < -0.3 is 14.0 Å². The number of anilines is 1. The first-order valence-electron chi connectivity index (χ1n) is 6.98. The first kappa shape index (κ1) is 12.3. The molecule has 1 atom stereocenters. The van der Waals surface area contributed by atoms with Crippen LogP contribution >= 0.6 is 0 Å². The summed E-state index contributed by atoms with van der Waals surface area (Å²) in [6.45, 7) is 0.180. The summed E-state index contributed by atoms with van der Waals surface area (Å²) in [4.78, 5) is 12.3. The number of nitrogens with one attached hydrogen (secondary N) is 1. The number of carbonyl (C=O) groups excluding carboxylic acids is 1. The van der Waals surface area contributed by atoms with E-state index in [-0.39, 0.29) is 12.5 Å². The molecule has 2 heterocycles. The summed E-state index contributed by atoms with van der Waals surface area (Å²) in [5, 5.41) is 6.72. The van der Waals surface area contributed by atoms with E-state index in [4.69, 9.17) is 14.0 Å². The molecule has 1 aromatic heterocycles. The van der Waals surface area contributed by atoms with Crippen LogP contribution in [0.25, 0.3) is 0 Å². The number of benzene rings is 1. The van der Waals surface area contributed by atoms with Gasteiger partial charge in [0.1, 0.15) is 6.61 Å². The average Bonchev–Trinajstić information content (AvgIpc) is 3.12. The minimum Gasteiger partial charge on any atom is -0.485 e. The van der Waals surface area contributed by atoms with E-state index in [0.717, 1.165) is 30.5 Å². The van der Waals surface area contributed by atoms with Crippen LogP contribution in [0.4, 0.5) is 5.88 Å². The molecule has 21 heavy (non-hydrogen) atoms. The Morgan fingerprint density at radius 1 is 1.24 bits per heavy atom. The van der Waals surface area contributed by atoms with Gasteiger partial charge in [-0.3, -0.25) is 10.1 Å². The van der Waals surface area contributed by atoms with Crippen molar-refractivity contribution in [3.63, 3.8) is 0 Å². The van der Waals surface area contributed by atoms with Crippen LogP contribution < -0.4 is 14.8 Å². The third kappa shape index (κ3) is 2.12. The number of rotatable bonds is 2. The summed E-state index contributed by atoms with van der Waals surface area (Å²) in [7, 11) is 0. The molecule has 1 amide bonds. The van der Waals surface area contributed by atoms with E-state index in [0.29, 0.717) is 17.4 Å². The van der Waals surface area contributed by atoms with E-state index in [1.165, 1.54) is 0 Å². The van der Waals surface area contributed by atoms with Crippen LogP contribution in [0, 0.1) is 0 Å². The number of aromatic nitrogens is 1. The van der Waals surface area contributed by atoms with Gasteiger partial charge in [-0.2, -0.15) is 0 Å². The van der Waals surface area contributed by atoms with E-state index in [2.05, 4.69) is 10.5 Å². The topological polar surface area (TPSA) is 73.6 Å². The molecular formula is C15H14N2O4. The Labute approximate surface area is 121 Å². The highest BCUT2D eigenvalue weighted by Gasteiger charge is 2.30. The molecule has 0 saturated carbocycles. The molecule has 0 spiro atoms. The van der Waals surface area contributed by atoms with Crippen LogP contribution in [0.15, 0.2) is 28.8 Å². The van der Waals surface area contributed by atoms with Gasteiger partial charge in [0.2, 0.25) is 12.0 Å². The zero-order valence-corrected chi connectivity index (χ0v) is 11.3. The highest BCUT2D eigenvalue weighted by molar-refractivity contribution is 5.94. The summed E-state index contributed by atoms with van der Waals surface area (Å²) in [6, 6.07) is 7.29. The summed E-state index contributed by atoms with van der Waals surface area (Å²) in [5.74, 6) is 1.39. The summed E-state index contributed by atoms with van der Waals surface area (Å²) in [6.07, 6.45) is 2.15. The van der Waals surface area contributed by atoms with E-state index < -0.39 is 6.10 Å². The smallest absolute Gasteiger partial charge is 0.271 e. The van der Waals surface area contributed by atoms with Crippen LogP contribution in [0.5, 0.6) is 11.5 Å². The Bertz CT molecular complexity index is 695. The van der Waals surface area contributed by atoms with Crippen molar-refractivity contribution in [1.29, 1.82) is 0 Å². The lowest BCUT2D eigenvalue weighted by molar-refractivity contribution is -0.125. The largest absolute Gasteiger partial charge is 0.485 e. The van der Waals surface area contributed by atoms with E-state index in [1.807, 2.05) is 18.2 Å². The van der Waals surface area contributed by atoms with Crippen LogP contribution in [-0.4, -0.2) is 23.8 Å². The Morgan fingerprint density at radius 2 is 2.10 bits per heavy atom. The van der Waals surface area contributed by atoms with Gasteiger partial charge in [0.25, 0.3) is 5.91 Å². The Kier molecular flexibility index (Phi) is 2.80. The van der Waals surface area contributed by atoms with Crippen molar-refractivity contribution in [2.75, 3.05) is 11.9 Å². The molecule has 6 heteroatoms. The lowest BCUT2D eigenvalue weighted by atomic mass is 10.2. The van der Waals surface area contributed by atoms with Gasteiger partial charge in [-0.05, 0) is 31.4 Å². The molecule has 1 aromatic carbocycles. The van der Waals surface area contributed by atoms with Gasteiger partial charge in [0.15, 0.2) is 11.5 Å². The SMILES string of the molecule is O=C(Nc1onc2c1CCC2)[C@@H]1COc2ccccc2O1. The van der Waals surface area contributed by atoms with E-state index in [1.54, 1.807) is 6.07 Å². The number of hydrogen-bond donors (Lipinski definition) is 1. The molecule has 108 valence electrons. The van der Waals surface area contributed by atoms with Gasteiger partial charge in [0.05, 0.1) is 5.69 Å². The van der Waals surface area contributed by atoms with Crippen molar-refractivity contribution in [1.82, 2.24) is 5.16 Å². The molecule has 4 rings (SSSR count). The highest BCUT2D eigenvalue weighted by atomic mass is 16.6. The highest BCUT2D eigenvalue weighted by Crippen LogP contribution is 2.32. The fourth-order valence-electron chi connectivity index (χ4n) is 2.67. The zero-order valence-electron chi connectivity index (χ0n) is 11.3. The van der Waals surface area contributed by atoms with Crippen molar-refractivity contribution < 1.29 is 18.8 Å². The van der Waals surface area contributed by atoms with Gasteiger partial charge in [-0.1, -0.05) is 17.3 Å². The second-order valence-corrected chi connectivity index (χ2v) is 5.14. The van der Waals surface area contributed by atoms with Crippen LogP contribution in [0.2, 0.25) is 0 Å². The minimum absolute atomic E-state index is 0.180. The number of hydrogen-bond acceptors (Lipinski definition) is 5. The first-order chi connectivity index (χ1) is 10.3. The predicted molar refractivity (Wildman–Crippen MR) is 73.5 cm³/mol. The first-order valence-corrected chi connectivity index (χ1v) is 6.98. The second-order valence-electron chi connectivity index (χ2n) is 5.14. The van der Waals surface area contributed by atoms with Crippen LogP contribution in [-0.2, 0) is 17.6 Å². The van der Waals surface area contributed by atoms with E-state index in [9.17, 15) is 4.79 Å². The molecule has 2 aromatic rings. The molecule has 0 unspecified atom stereocenters. The van der Waals surface area contributed by atoms with E-state index >= 15 is 0 Å². The quantitative estimate of drug-likeness (QED) is 0.913. The van der Waals surface area contributed by atoms with Crippen molar-refractivity contribution in [3.05, 3.63) is 35.5 Å². The third-order valence-corrected chi connectivity index (χ3v) is 3.75. The molecule has 0 radical (unpaired) electrons. The lowest BCUT2D eigenvalue weighted by Crippen LogP contribution is -2.40. The number of fused-ring (bicyclic) bond motifs is 2. The Morgan fingerprint density at radius 3 is 3.00 bits per heavy atom. The fraction of sp³-hybridized carbons (Fsp3) is 0.333. The monoisotopic (exact) mass is 286 g/mol. The number of para-hydroxylation sites is 2. The van der Waals surface area contributed by atoms with Gasteiger partial charge in [0, 0.05) is 5.56 Å². The molecule has 0 saturated heterocycles. The number of nitrogens with zero attached hydrogens (tertiary/aromatic N) is 1. The van der Waals surface area contributed by atoms with Crippen molar-refractivity contribution >= 4 is 11.8 Å². The molecular weight excluding hydrogens is 272 g/mol. The van der Waals surface area contributed by atoms with Crippen LogP contribution in [0.1, 0.15) is 17.7 Å². The van der Waals surface area contributed by atoms with Crippen molar-refractivity contribution in [2.24, 2.45) is 0 Å². The number of amides is 1. The Balaban J connectivity index is 1.49. The van der Waals surface area contributed by atoms with Crippen LogP contribution in [0.3, 0.4) is 0 Å². The molecule has 6 nitrogen and oxygen atoms in total. The van der Waals surface area contributed by atoms with Gasteiger partial charge >= 0.3 is 0 Å². The maximum Gasteiger partial charge on any atom is 0.271 e. The Hall–Kier alpha value is -2.50. The predicted octanol–water partition coefficient (Wildman–Crippen LogP) is 1.94. The maximum absolute atomic E-state index is 12.3. The average molecular weight is 286 g/mol. The second kappa shape index (κ2) is 4.80. The fourth-order valence-corrected chi connectivity index (χ4v) is 2.67. The van der Waals surface area contributed by atoms with Gasteiger partial charge in [-0.25, -0.2) is 0 Å². The molecule has 1 aliphatic heterocycles. The third-order valence-electron chi connectivity index (χ3n) is 3.75. The molecule has 2 aliphatic rings. The normalized spacial score (nSPS) is 19.1. The minimum atomic E-state index is -0.693. The number of aryl methyl sites for hydroxylation is 1. The maximum atomic E-state index is 12.3. The molecule has 1 aliphatic carbocycles. The van der Waals surface area contributed by atoms with Crippen molar-refractivity contribution in [3.8, 4) is 11.5 Å². The summed E-state index contributed by atoms with van der Waals surface area (Å²) >= 11 is 0. The number of ether oxygens (including phenoxy) is 2.